The molecule has 0 aliphatic heterocycles. The van der Waals surface area contributed by atoms with E-state index < -0.39 is 0 Å². The van der Waals surface area contributed by atoms with E-state index in [1.165, 1.54) is 0 Å². The van der Waals surface area contributed by atoms with Crippen LogP contribution in [0.5, 0.6) is 0 Å². The quantitative estimate of drug-likeness (QED) is 0.623. The van der Waals surface area contributed by atoms with Crippen LogP contribution in [0.2, 0.25) is 0 Å². The number of rotatable bonds is 1. The van der Waals surface area contributed by atoms with E-state index in [0.717, 1.165) is 33.4 Å². The average Bonchev–Trinajstić information content (AvgIpc) is 2.53. The molecule has 0 aliphatic rings. The van der Waals surface area contributed by atoms with E-state index in [2.05, 4.69) is 21.8 Å². The molecule has 2 heteroatoms. The standard InChI is InChI=1S/C18H10N2/c1-3-13-9-14(4-2)11-15(10-13)18-12-19-16-7-5-6-8-17(16)20-18/h1-2,5-12H. The van der Waals surface area contributed by atoms with Crippen molar-refractivity contribution in [1.82, 2.24) is 9.97 Å². The Bertz CT molecular complexity index is 848. The van der Waals surface area contributed by atoms with Crippen LogP contribution in [0.3, 0.4) is 0 Å². The van der Waals surface area contributed by atoms with Crippen molar-refractivity contribution in [2.45, 2.75) is 0 Å². The van der Waals surface area contributed by atoms with E-state index in [1.54, 1.807) is 12.3 Å². The zero-order valence-electron chi connectivity index (χ0n) is 10.7. The van der Waals surface area contributed by atoms with Gasteiger partial charge < -0.3 is 0 Å². The van der Waals surface area contributed by atoms with Crippen molar-refractivity contribution in [2.24, 2.45) is 0 Å². The van der Waals surface area contributed by atoms with Gasteiger partial charge in [0, 0.05) is 16.7 Å². The van der Waals surface area contributed by atoms with Gasteiger partial charge in [-0.1, -0.05) is 24.0 Å². The summed E-state index contributed by atoms with van der Waals surface area (Å²) in [6.07, 6.45) is 12.6. The first-order chi connectivity index (χ1) is 9.80. The molecule has 0 unspecified atom stereocenters. The van der Waals surface area contributed by atoms with Gasteiger partial charge in [-0.15, -0.1) is 12.8 Å². The van der Waals surface area contributed by atoms with E-state index in [0.29, 0.717) is 0 Å². The summed E-state index contributed by atoms with van der Waals surface area (Å²) in [6, 6.07) is 13.3. The second kappa shape index (κ2) is 4.88. The van der Waals surface area contributed by atoms with Crippen molar-refractivity contribution in [2.75, 3.05) is 0 Å². The lowest BCUT2D eigenvalue weighted by Gasteiger charge is -2.04. The highest BCUT2D eigenvalue weighted by Crippen LogP contribution is 2.21. The maximum absolute atomic E-state index is 5.46. The fourth-order valence-electron chi connectivity index (χ4n) is 2.04. The lowest BCUT2D eigenvalue weighted by Crippen LogP contribution is -1.90. The molecule has 0 radical (unpaired) electrons. The molecule has 0 fully saturated rings. The Hall–Kier alpha value is -3.10. The van der Waals surface area contributed by atoms with Crippen molar-refractivity contribution >= 4 is 11.0 Å². The minimum atomic E-state index is 0.741. The molecular weight excluding hydrogens is 244 g/mol. The largest absolute Gasteiger partial charge is 0.252 e. The van der Waals surface area contributed by atoms with Crippen LogP contribution in [-0.2, 0) is 0 Å². The van der Waals surface area contributed by atoms with Gasteiger partial charge in [-0.05, 0) is 30.3 Å². The third-order valence-corrected chi connectivity index (χ3v) is 3.01. The number of terminal acetylenes is 2. The fraction of sp³-hybridized carbons (Fsp3) is 0. The van der Waals surface area contributed by atoms with E-state index in [-0.39, 0.29) is 0 Å². The highest BCUT2D eigenvalue weighted by atomic mass is 14.8. The van der Waals surface area contributed by atoms with Crippen LogP contribution in [0.15, 0.2) is 48.7 Å². The first-order valence-electron chi connectivity index (χ1n) is 6.10. The van der Waals surface area contributed by atoms with Crippen LogP contribution in [0.1, 0.15) is 11.1 Å². The third kappa shape index (κ3) is 2.11. The first kappa shape index (κ1) is 12.0. The summed E-state index contributed by atoms with van der Waals surface area (Å²) < 4.78 is 0. The highest BCUT2D eigenvalue weighted by molar-refractivity contribution is 5.77. The fourth-order valence-corrected chi connectivity index (χ4v) is 2.04. The Morgan fingerprint density at radius 1 is 0.850 bits per heavy atom. The Balaban J connectivity index is 2.20. The molecule has 0 saturated heterocycles. The summed E-state index contributed by atoms with van der Waals surface area (Å²) in [6.45, 7) is 0. The molecule has 92 valence electrons. The lowest BCUT2D eigenvalue weighted by molar-refractivity contribution is 1.29. The number of nitrogens with zero attached hydrogens (tertiary/aromatic N) is 2. The number of para-hydroxylation sites is 2. The molecule has 0 atom stereocenters. The van der Waals surface area contributed by atoms with Gasteiger partial charge in [-0.2, -0.15) is 0 Å². The molecule has 0 amide bonds. The average molecular weight is 254 g/mol. The predicted molar refractivity (Wildman–Crippen MR) is 80.8 cm³/mol. The summed E-state index contributed by atoms with van der Waals surface area (Å²) in [4.78, 5) is 9.00. The number of aromatic nitrogens is 2. The lowest BCUT2D eigenvalue weighted by atomic mass is 10.0. The smallest absolute Gasteiger partial charge is 0.0894 e. The Morgan fingerprint density at radius 3 is 2.15 bits per heavy atom. The van der Waals surface area contributed by atoms with Gasteiger partial charge in [0.25, 0.3) is 0 Å². The summed E-state index contributed by atoms with van der Waals surface area (Å²) in [5.41, 5.74) is 4.83. The maximum Gasteiger partial charge on any atom is 0.0894 e. The number of benzene rings is 2. The Morgan fingerprint density at radius 2 is 1.50 bits per heavy atom. The molecule has 0 saturated carbocycles. The molecule has 20 heavy (non-hydrogen) atoms. The molecule has 1 heterocycles. The van der Waals surface area contributed by atoms with E-state index >= 15 is 0 Å². The van der Waals surface area contributed by atoms with Crippen LogP contribution in [0.25, 0.3) is 22.3 Å². The van der Waals surface area contributed by atoms with Gasteiger partial charge in [0.2, 0.25) is 0 Å². The van der Waals surface area contributed by atoms with Crippen molar-refractivity contribution in [3.63, 3.8) is 0 Å². The van der Waals surface area contributed by atoms with Gasteiger partial charge in [0.05, 0.1) is 22.9 Å². The van der Waals surface area contributed by atoms with Crippen molar-refractivity contribution in [1.29, 1.82) is 0 Å². The van der Waals surface area contributed by atoms with Crippen LogP contribution in [-0.4, -0.2) is 9.97 Å². The Labute approximate surface area is 117 Å². The molecule has 0 bridgehead atoms. The predicted octanol–water partition coefficient (Wildman–Crippen LogP) is 3.26. The zero-order valence-corrected chi connectivity index (χ0v) is 10.7. The summed E-state index contributed by atoms with van der Waals surface area (Å²) >= 11 is 0. The molecule has 0 N–H and O–H groups in total. The van der Waals surface area contributed by atoms with Crippen molar-refractivity contribution in [3.05, 3.63) is 59.8 Å². The Kier molecular flexibility index (Phi) is 2.92. The topological polar surface area (TPSA) is 25.8 Å². The molecule has 1 aromatic heterocycles. The summed E-state index contributed by atoms with van der Waals surface area (Å²) in [7, 11) is 0. The second-order valence-electron chi connectivity index (χ2n) is 4.33. The maximum atomic E-state index is 5.46. The summed E-state index contributed by atoms with van der Waals surface area (Å²) in [5.74, 6) is 5.21. The van der Waals surface area contributed by atoms with Gasteiger partial charge in [-0.25, -0.2) is 4.98 Å². The molecule has 0 aliphatic carbocycles. The molecule has 0 spiro atoms. The highest BCUT2D eigenvalue weighted by Gasteiger charge is 2.05. The van der Waals surface area contributed by atoms with E-state index in [4.69, 9.17) is 12.8 Å². The molecule has 3 rings (SSSR count). The van der Waals surface area contributed by atoms with Gasteiger partial charge in [-0.3, -0.25) is 4.98 Å². The normalized spacial score (nSPS) is 9.90. The monoisotopic (exact) mass is 254 g/mol. The second-order valence-corrected chi connectivity index (χ2v) is 4.33. The minimum absolute atomic E-state index is 0.741. The number of hydrogen-bond acceptors (Lipinski definition) is 2. The molecule has 3 aromatic rings. The SMILES string of the molecule is C#Cc1cc(C#C)cc(-c2cnc3ccccc3n2)c1. The number of fused-ring (bicyclic) bond motifs is 1. The van der Waals surface area contributed by atoms with E-state index in [1.807, 2.05) is 36.4 Å². The summed E-state index contributed by atoms with van der Waals surface area (Å²) in [5, 5.41) is 0. The van der Waals surface area contributed by atoms with Gasteiger partial charge >= 0.3 is 0 Å². The van der Waals surface area contributed by atoms with E-state index in [9.17, 15) is 0 Å². The van der Waals surface area contributed by atoms with Gasteiger partial charge in [0.15, 0.2) is 0 Å². The molecular formula is C18H10N2. The van der Waals surface area contributed by atoms with Crippen molar-refractivity contribution in [3.8, 4) is 35.9 Å². The number of hydrogen-bond donors (Lipinski definition) is 0. The van der Waals surface area contributed by atoms with Crippen LogP contribution < -0.4 is 0 Å². The van der Waals surface area contributed by atoms with Crippen molar-refractivity contribution < 1.29 is 0 Å². The first-order valence-corrected chi connectivity index (χ1v) is 6.10. The molecule has 2 aromatic carbocycles. The minimum Gasteiger partial charge on any atom is -0.252 e. The van der Waals surface area contributed by atoms with Crippen LogP contribution >= 0.6 is 0 Å². The zero-order chi connectivity index (χ0) is 13.9. The third-order valence-electron chi connectivity index (χ3n) is 3.01. The molecule has 2 nitrogen and oxygen atoms in total. The van der Waals surface area contributed by atoms with Crippen LogP contribution in [0.4, 0.5) is 0 Å². The van der Waals surface area contributed by atoms with Gasteiger partial charge in [0.1, 0.15) is 0 Å². The van der Waals surface area contributed by atoms with Crippen LogP contribution in [0, 0.1) is 24.7 Å².